The summed E-state index contributed by atoms with van der Waals surface area (Å²) in [6, 6.07) is 12.0. The molecule has 0 fully saturated rings. The average molecular weight is 378 g/mol. The van der Waals surface area contributed by atoms with Crippen LogP contribution in [0.3, 0.4) is 0 Å². The van der Waals surface area contributed by atoms with E-state index in [9.17, 15) is 10.1 Å². The molecule has 4 nitrogen and oxygen atoms in total. The van der Waals surface area contributed by atoms with Gasteiger partial charge in [0.2, 0.25) is 3.79 Å². The standard InChI is InChI=1S/C14H11Cl3N2O2S/c1-9-2-4-10(5-3-9)18-22-13-7-6-11(19(20)21)8-12(13)14(15,16)17/h2-8,18H,1H3. The number of nitrogens with zero attached hydrogens (tertiary/aromatic N) is 1. The summed E-state index contributed by atoms with van der Waals surface area (Å²) in [5.41, 5.74) is 2.16. The number of nitro benzene ring substituents is 1. The van der Waals surface area contributed by atoms with Gasteiger partial charge >= 0.3 is 0 Å². The molecule has 2 rings (SSSR count). The minimum Gasteiger partial charge on any atom is -0.326 e. The fourth-order valence-electron chi connectivity index (χ4n) is 1.68. The number of nitro groups is 1. The van der Waals surface area contributed by atoms with Gasteiger partial charge in [0.15, 0.2) is 0 Å². The lowest BCUT2D eigenvalue weighted by Gasteiger charge is -2.16. The van der Waals surface area contributed by atoms with Gasteiger partial charge in [0.25, 0.3) is 5.69 Å². The van der Waals surface area contributed by atoms with E-state index >= 15 is 0 Å². The molecule has 0 heterocycles. The van der Waals surface area contributed by atoms with Gasteiger partial charge in [0.1, 0.15) is 0 Å². The molecule has 0 radical (unpaired) electrons. The van der Waals surface area contributed by atoms with E-state index in [2.05, 4.69) is 4.72 Å². The molecule has 0 aliphatic carbocycles. The third kappa shape index (κ3) is 4.43. The second kappa shape index (κ2) is 6.96. The molecule has 0 saturated heterocycles. The third-order valence-corrected chi connectivity index (χ3v) is 4.33. The van der Waals surface area contributed by atoms with E-state index in [0.29, 0.717) is 4.90 Å². The maximum Gasteiger partial charge on any atom is 0.269 e. The van der Waals surface area contributed by atoms with Gasteiger partial charge in [-0.3, -0.25) is 10.1 Å². The molecule has 0 unspecified atom stereocenters. The number of aryl methyl sites for hydroxylation is 1. The Balaban J connectivity index is 2.26. The first-order valence-electron chi connectivity index (χ1n) is 6.12. The van der Waals surface area contributed by atoms with Crippen LogP contribution in [0.4, 0.5) is 11.4 Å². The highest BCUT2D eigenvalue weighted by molar-refractivity contribution is 8.00. The van der Waals surface area contributed by atoms with Crippen LogP contribution in [0.1, 0.15) is 11.1 Å². The Hall–Kier alpha value is -1.14. The van der Waals surface area contributed by atoms with Crippen molar-refractivity contribution in [3.63, 3.8) is 0 Å². The summed E-state index contributed by atoms with van der Waals surface area (Å²) in [7, 11) is 0. The van der Waals surface area contributed by atoms with Crippen LogP contribution in [0.15, 0.2) is 47.4 Å². The number of halogens is 3. The van der Waals surface area contributed by atoms with Gasteiger partial charge in [-0.15, -0.1) is 0 Å². The molecule has 0 spiro atoms. The largest absolute Gasteiger partial charge is 0.326 e. The van der Waals surface area contributed by atoms with Crippen molar-refractivity contribution in [3.05, 3.63) is 63.7 Å². The van der Waals surface area contributed by atoms with Crippen LogP contribution in [-0.2, 0) is 3.79 Å². The van der Waals surface area contributed by atoms with Gasteiger partial charge in [-0.1, -0.05) is 52.5 Å². The number of benzene rings is 2. The van der Waals surface area contributed by atoms with Crippen molar-refractivity contribution in [3.8, 4) is 0 Å². The average Bonchev–Trinajstić information content (AvgIpc) is 2.45. The molecule has 0 aromatic heterocycles. The molecule has 0 bridgehead atoms. The smallest absolute Gasteiger partial charge is 0.269 e. The third-order valence-electron chi connectivity index (χ3n) is 2.81. The van der Waals surface area contributed by atoms with E-state index in [1.54, 1.807) is 6.07 Å². The Bertz CT molecular complexity index is 687. The minimum absolute atomic E-state index is 0.124. The summed E-state index contributed by atoms with van der Waals surface area (Å²) in [5.74, 6) is 0. The van der Waals surface area contributed by atoms with E-state index in [1.165, 1.54) is 24.1 Å². The Kier molecular flexibility index (Phi) is 5.45. The first kappa shape index (κ1) is 17.2. The number of alkyl halides is 3. The Morgan fingerprint density at radius 3 is 2.32 bits per heavy atom. The van der Waals surface area contributed by atoms with Crippen molar-refractivity contribution in [2.24, 2.45) is 0 Å². The van der Waals surface area contributed by atoms with Gasteiger partial charge < -0.3 is 4.72 Å². The van der Waals surface area contributed by atoms with Crippen LogP contribution >= 0.6 is 46.8 Å². The van der Waals surface area contributed by atoms with E-state index in [1.807, 2.05) is 31.2 Å². The fourth-order valence-corrected chi connectivity index (χ4v) is 3.14. The van der Waals surface area contributed by atoms with Crippen LogP contribution in [0, 0.1) is 17.0 Å². The topological polar surface area (TPSA) is 55.2 Å². The molecule has 2 aromatic rings. The Morgan fingerprint density at radius 2 is 1.77 bits per heavy atom. The molecule has 22 heavy (non-hydrogen) atoms. The number of anilines is 1. The highest BCUT2D eigenvalue weighted by atomic mass is 35.6. The lowest BCUT2D eigenvalue weighted by atomic mass is 10.2. The summed E-state index contributed by atoms with van der Waals surface area (Å²) in [5, 5.41) is 10.9. The molecule has 0 aliphatic heterocycles. The zero-order valence-electron chi connectivity index (χ0n) is 11.3. The lowest BCUT2D eigenvalue weighted by Crippen LogP contribution is -2.04. The number of rotatable bonds is 4. The van der Waals surface area contributed by atoms with Crippen LogP contribution < -0.4 is 4.72 Å². The number of non-ortho nitro benzene ring substituents is 1. The number of hydrogen-bond donors (Lipinski definition) is 1. The first-order chi connectivity index (χ1) is 10.3. The monoisotopic (exact) mass is 376 g/mol. The SMILES string of the molecule is Cc1ccc(NSc2ccc([N+](=O)[O-])cc2C(Cl)(Cl)Cl)cc1. The first-order valence-corrected chi connectivity index (χ1v) is 8.07. The van der Waals surface area contributed by atoms with Crippen molar-refractivity contribution >= 4 is 58.1 Å². The van der Waals surface area contributed by atoms with Crippen molar-refractivity contribution in [2.75, 3.05) is 4.72 Å². The summed E-state index contributed by atoms with van der Waals surface area (Å²) in [6.07, 6.45) is 0. The van der Waals surface area contributed by atoms with Gasteiger partial charge in [0, 0.05) is 28.3 Å². The number of hydrogen-bond acceptors (Lipinski definition) is 4. The van der Waals surface area contributed by atoms with Gasteiger partial charge in [-0.05, 0) is 37.1 Å². The van der Waals surface area contributed by atoms with Gasteiger partial charge in [-0.2, -0.15) is 0 Å². The molecule has 0 aliphatic rings. The molecule has 8 heteroatoms. The minimum atomic E-state index is -1.75. The zero-order valence-corrected chi connectivity index (χ0v) is 14.4. The summed E-state index contributed by atoms with van der Waals surface area (Å²) in [6.45, 7) is 1.99. The van der Waals surface area contributed by atoms with Crippen molar-refractivity contribution in [1.82, 2.24) is 0 Å². The molecule has 116 valence electrons. The van der Waals surface area contributed by atoms with E-state index < -0.39 is 8.72 Å². The Labute approximate surface area is 147 Å². The molecule has 1 N–H and O–H groups in total. The fraction of sp³-hybridized carbons (Fsp3) is 0.143. The Morgan fingerprint density at radius 1 is 1.14 bits per heavy atom. The summed E-state index contributed by atoms with van der Waals surface area (Å²) < 4.78 is 1.37. The van der Waals surface area contributed by atoms with E-state index in [0.717, 1.165) is 11.3 Å². The normalized spacial score (nSPS) is 11.3. The molecular weight excluding hydrogens is 367 g/mol. The molecule has 2 aromatic carbocycles. The van der Waals surface area contributed by atoms with Crippen molar-refractivity contribution in [1.29, 1.82) is 0 Å². The number of nitrogens with one attached hydrogen (secondary N) is 1. The zero-order chi connectivity index (χ0) is 16.3. The molecule has 0 amide bonds. The van der Waals surface area contributed by atoms with Crippen molar-refractivity contribution < 1.29 is 4.92 Å². The van der Waals surface area contributed by atoms with Crippen LogP contribution in [0.5, 0.6) is 0 Å². The second-order valence-corrected chi connectivity index (χ2v) is 7.63. The molecular formula is C14H11Cl3N2O2S. The van der Waals surface area contributed by atoms with E-state index in [4.69, 9.17) is 34.8 Å². The predicted octanol–water partition coefficient (Wildman–Crippen LogP) is 5.85. The second-order valence-electron chi connectivity index (χ2n) is 4.51. The van der Waals surface area contributed by atoms with Crippen LogP contribution in [0.25, 0.3) is 0 Å². The highest BCUT2D eigenvalue weighted by Crippen LogP contribution is 2.44. The van der Waals surface area contributed by atoms with Crippen LogP contribution in [0.2, 0.25) is 0 Å². The lowest BCUT2D eigenvalue weighted by molar-refractivity contribution is -0.385. The van der Waals surface area contributed by atoms with Gasteiger partial charge in [0.05, 0.1) is 4.92 Å². The van der Waals surface area contributed by atoms with Crippen LogP contribution in [-0.4, -0.2) is 4.92 Å². The summed E-state index contributed by atoms with van der Waals surface area (Å²) >= 11 is 19.0. The maximum atomic E-state index is 10.9. The molecule has 0 saturated carbocycles. The quantitative estimate of drug-likeness (QED) is 0.314. The van der Waals surface area contributed by atoms with Gasteiger partial charge in [-0.25, -0.2) is 0 Å². The summed E-state index contributed by atoms with van der Waals surface area (Å²) in [4.78, 5) is 10.9. The predicted molar refractivity (Wildman–Crippen MR) is 93.0 cm³/mol. The maximum absolute atomic E-state index is 10.9. The van der Waals surface area contributed by atoms with E-state index in [-0.39, 0.29) is 11.3 Å². The molecule has 0 atom stereocenters. The highest BCUT2D eigenvalue weighted by Gasteiger charge is 2.28. The van der Waals surface area contributed by atoms with Crippen molar-refractivity contribution in [2.45, 2.75) is 15.6 Å².